The molecule has 6 nitrogen and oxygen atoms in total. The molecule has 29 heavy (non-hydrogen) atoms. The summed E-state index contributed by atoms with van der Waals surface area (Å²) in [5.41, 5.74) is 2.88. The van der Waals surface area contributed by atoms with E-state index in [1.54, 1.807) is 34.9 Å². The summed E-state index contributed by atoms with van der Waals surface area (Å²) >= 11 is 1.27. The molecule has 1 aromatic heterocycles. The van der Waals surface area contributed by atoms with E-state index in [0.717, 1.165) is 11.1 Å². The molecule has 0 saturated carbocycles. The molecule has 0 unspecified atom stereocenters. The van der Waals surface area contributed by atoms with Crippen LogP contribution in [-0.2, 0) is 22.1 Å². The average Bonchev–Trinajstić information content (AvgIpc) is 3.09. The summed E-state index contributed by atoms with van der Waals surface area (Å²) < 4.78 is 27.0. The second kappa shape index (κ2) is 8.92. The number of thioether (sulfide) groups is 1. The van der Waals surface area contributed by atoms with Crippen LogP contribution in [0.1, 0.15) is 34.2 Å². The van der Waals surface area contributed by atoms with Crippen LogP contribution in [0.3, 0.4) is 0 Å². The highest BCUT2D eigenvalue weighted by molar-refractivity contribution is 7.99. The standard InChI is InChI=1S/C21H23N3O3S2/c1-4-24-20(14-29(26,27)18-8-6-5-7-9-18)22-23-21(24)28-13-19(25)17-11-10-15(2)16(3)12-17/h5-12H,4,13-14H2,1-3H3. The zero-order chi connectivity index (χ0) is 21.0. The minimum Gasteiger partial charge on any atom is -0.305 e. The summed E-state index contributed by atoms with van der Waals surface area (Å²) in [6.45, 7) is 6.41. The van der Waals surface area contributed by atoms with Crippen LogP contribution in [0.4, 0.5) is 0 Å². The first-order valence-corrected chi connectivity index (χ1v) is 11.9. The van der Waals surface area contributed by atoms with Crippen LogP contribution in [0.15, 0.2) is 58.6 Å². The van der Waals surface area contributed by atoms with Crippen LogP contribution in [0.5, 0.6) is 0 Å². The van der Waals surface area contributed by atoms with E-state index in [-0.39, 0.29) is 22.2 Å². The molecule has 8 heteroatoms. The van der Waals surface area contributed by atoms with Crippen molar-refractivity contribution in [2.24, 2.45) is 0 Å². The van der Waals surface area contributed by atoms with Crippen molar-refractivity contribution in [2.45, 2.75) is 43.1 Å². The summed E-state index contributed by atoms with van der Waals surface area (Å²) in [5, 5.41) is 8.74. The molecule has 0 bridgehead atoms. The SMILES string of the molecule is CCn1c(CS(=O)(=O)c2ccccc2)nnc1SCC(=O)c1ccc(C)c(C)c1. The number of rotatable bonds is 8. The molecule has 0 amide bonds. The van der Waals surface area contributed by atoms with Gasteiger partial charge in [-0.3, -0.25) is 4.79 Å². The van der Waals surface area contributed by atoms with Crippen LogP contribution in [-0.4, -0.2) is 34.7 Å². The number of sulfone groups is 1. The van der Waals surface area contributed by atoms with Gasteiger partial charge in [-0.2, -0.15) is 0 Å². The number of aromatic nitrogens is 3. The maximum absolute atomic E-state index is 12.6. The normalized spacial score (nSPS) is 11.6. The maximum Gasteiger partial charge on any atom is 0.191 e. The predicted octanol–water partition coefficient (Wildman–Crippen LogP) is 3.86. The molecule has 0 fully saturated rings. The van der Waals surface area contributed by atoms with Crippen molar-refractivity contribution in [1.29, 1.82) is 0 Å². The fraction of sp³-hybridized carbons (Fsp3) is 0.286. The minimum atomic E-state index is -3.52. The lowest BCUT2D eigenvalue weighted by molar-refractivity contribution is 0.102. The Labute approximate surface area is 175 Å². The lowest BCUT2D eigenvalue weighted by atomic mass is 10.0. The molecule has 3 rings (SSSR count). The zero-order valence-electron chi connectivity index (χ0n) is 16.6. The van der Waals surface area contributed by atoms with Gasteiger partial charge in [0, 0.05) is 12.1 Å². The van der Waals surface area contributed by atoms with Gasteiger partial charge >= 0.3 is 0 Å². The van der Waals surface area contributed by atoms with Crippen molar-refractivity contribution < 1.29 is 13.2 Å². The average molecular weight is 430 g/mol. The number of benzene rings is 2. The van der Waals surface area contributed by atoms with Gasteiger partial charge in [-0.1, -0.05) is 42.1 Å². The Bertz CT molecular complexity index is 1120. The Morgan fingerprint density at radius 3 is 2.41 bits per heavy atom. The molecule has 152 valence electrons. The van der Waals surface area contributed by atoms with Crippen molar-refractivity contribution in [2.75, 3.05) is 5.75 Å². The van der Waals surface area contributed by atoms with Gasteiger partial charge in [0.25, 0.3) is 0 Å². The second-order valence-electron chi connectivity index (χ2n) is 6.73. The van der Waals surface area contributed by atoms with Gasteiger partial charge in [0.1, 0.15) is 11.6 Å². The predicted molar refractivity (Wildman–Crippen MR) is 114 cm³/mol. The number of aryl methyl sites for hydroxylation is 2. The number of nitrogens with zero attached hydrogens (tertiary/aromatic N) is 3. The second-order valence-corrected chi connectivity index (χ2v) is 9.66. The van der Waals surface area contributed by atoms with Crippen molar-refractivity contribution in [3.05, 3.63) is 71.0 Å². The number of hydrogen-bond acceptors (Lipinski definition) is 6. The Morgan fingerprint density at radius 2 is 1.76 bits per heavy atom. The molecule has 1 heterocycles. The highest BCUT2D eigenvalue weighted by Crippen LogP contribution is 2.22. The van der Waals surface area contributed by atoms with E-state index in [0.29, 0.717) is 23.1 Å². The first kappa shape index (κ1) is 21.3. The lowest BCUT2D eigenvalue weighted by Crippen LogP contribution is -2.11. The number of ketones is 1. The van der Waals surface area contributed by atoms with Crippen LogP contribution in [0.25, 0.3) is 0 Å². The van der Waals surface area contributed by atoms with E-state index in [1.807, 2.05) is 39.0 Å². The van der Waals surface area contributed by atoms with E-state index in [4.69, 9.17) is 0 Å². The molecule has 0 aliphatic carbocycles. The molecular formula is C21H23N3O3S2. The Balaban J connectivity index is 1.74. The van der Waals surface area contributed by atoms with Gasteiger partial charge in [-0.05, 0) is 50.1 Å². The highest BCUT2D eigenvalue weighted by Gasteiger charge is 2.21. The number of carbonyl (C=O) groups is 1. The molecule has 3 aromatic rings. The first-order chi connectivity index (χ1) is 13.8. The fourth-order valence-corrected chi connectivity index (χ4v) is 5.07. The Kier molecular flexibility index (Phi) is 6.54. The third-order valence-electron chi connectivity index (χ3n) is 4.69. The van der Waals surface area contributed by atoms with Crippen molar-refractivity contribution in [3.63, 3.8) is 0 Å². The molecule has 2 aromatic carbocycles. The number of hydrogen-bond donors (Lipinski definition) is 0. The number of Topliss-reactive ketones (excluding diaryl/α,β-unsaturated/α-hetero) is 1. The van der Waals surface area contributed by atoms with Crippen molar-refractivity contribution in [1.82, 2.24) is 14.8 Å². The quantitative estimate of drug-likeness (QED) is 0.399. The Morgan fingerprint density at radius 1 is 1.03 bits per heavy atom. The summed E-state index contributed by atoms with van der Waals surface area (Å²) in [7, 11) is -3.52. The molecule has 0 aliphatic rings. The Hall–Kier alpha value is -2.45. The van der Waals surface area contributed by atoms with Crippen molar-refractivity contribution in [3.8, 4) is 0 Å². The largest absolute Gasteiger partial charge is 0.305 e. The van der Waals surface area contributed by atoms with E-state index in [9.17, 15) is 13.2 Å². The van der Waals surface area contributed by atoms with Gasteiger partial charge < -0.3 is 4.57 Å². The van der Waals surface area contributed by atoms with E-state index >= 15 is 0 Å². The van der Waals surface area contributed by atoms with E-state index < -0.39 is 9.84 Å². The summed E-state index contributed by atoms with van der Waals surface area (Å²) in [6, 6.07) is 13.9. The molecule has 0 radical (unpaired) electrons. The topological polar surface area (TPSA) is 81.9 Å². The summed E-state index contributed by atoms with van der Waals surface area (Å²) in [6.07, 6.45) is 0. The van der Waals surface area contributed by atoms with Crippen molar-refractivity contribution >= 4 is 27.4 Å². The van der Waals surface area contributed by atoms with Crippen LogP contribution in [0.2, 0.25) is 0 Å². The molecule has 0 atom stereocenters. The van der Waals surface area contributed by atoms with Gasteiger partial charge in [0.15, 0.2) is 20.8 Å². The molecule has 0 aliphatic heterocycles. The highest BCUT2D eigenvalue weighted by atomic mass is 32.2. The monoisotopic (exact) mass is 429 g/mol. The van der Waals surface area contributed by atoms with Gasteiger partial charge in [0.2, 0.25) is 0 Å². The third-order valence-corrected chi connectivity index (χ3v) is 7.29. The fourth-order valence-electron chi connectivity index (χ4n) is 2.86. The molecule has 0 N–H and O–H groups in total. The summed E-state index contributed by atoms with van der Waals surface area (Å²) in [4.78, 5) is 12.8. The van der Waals surface area contributed by atoms with Crippen LogP contribution < -0.4 is 0 Å². The molecule has 0 saturated heterocycles. The first-order valence-electron chi connectivity index (χ1n) is 9.25. The minimum absolute atomic E-state index is 0.00205. The third kappa shape index (κ3) is 4.94. The van der Waals surface area contributed by atoms with Gasteiger partial charge in [0.05, 0.1) is 10.6 Å². The van der Waals surface area contributed by atoms with Gasteiger partial charge in [-0.25, -0.2) is 8.42 Å². The van der Waals surface area contributed by atoms with Crippen LogP contribution >= 0.6 is 11.8 Å². The van der Waals surface area contributed by atoms with E-state index in [2.05, 4.69) is 10.2 Å². The lowest BCUT2D eigenvalue weighted by Gasteiger charge is -2.08. The van der Waals surface area contributed by atoms with Gasteiger partial charge in [-0.15, -0.1) is 10.2 Å². The van der Waals surface area contributed by atoms with E-state index in [1.165, 1.54) is 11.8 Å². The maximum atomic E-state index is 12.6. The van der Waals surface area contributed by atoms with Crippen LogP contribution in [0, 0.1) is 13.8 Å². The number of carbonyl (C=O) groups excluding carboxylic acids is 1. The molecular weight excluding hydrogens is 406 g/mol. The summed E-state index contributed by atoms with van der Waals surface area (Å²) in [5.74, 6) is 0.356. The smallest absolute Gasteiger partial charge is 0.191 e. The zero-order valence-corrected chi connectivity index (χ0v) is 18.3. The molecule has 0 spiro atoms.